The lowest BCUT2D eigenvalue weighted by Gasteiger charge is -2.37. The Morgan fingerprint density at radius 1 is 1.06 bits per heavy atom. The fourth-order valence-electron chi connectivity index (χ4n) is 5.00. The molecule has 2 fully saturated rings. The van der Waals surface area contributed by atoms with E-state index in [1.165, 1.54) is 0 Å². The van der Waals surface area contributed by atoms with E-state index >= 15 is 0 Å². The molecule has 3 aliphatic rings. The molecular weight excluding hydrogens is 434 g/mol. The maximum Gasteiger partial charge on any atom is 0.257 e. The molecule has 0 aliphatic carbocycles. The number of para-hydroxylation sites is 1. The molecule has 1 amide bonds. The van der Waals surface area contributed by atoms with Gasteiger partial charge in [-0.1, -0.05) is 30.3 Å². The van der Waals surface area contributed by atoms with E-state index in [0.29, 0.717) is 26.2 Å². The molecule has 0 aromatic heterocycles. The average Bonchev–Trinajstić information content (AvgIpc) is 3.53. The molecule has 1 unspecified atom stereocenters. The van der Waals surface area contributed by atoms with Crippen LogP contribution in [0, 0.1) is 0 Å². The largest absolute Gasteiger partial charge is 0.497 e. The Labute approximate surface area is 200 Å². The first-order valence-electron chi connectivity index (χ1n) is 11.8. The van der Waals surface area contributed by atoms with Gasteiger partial charge >= 0.3 is 0 Å². The number of methoxy groups -OCH3 is 2. The van der Waals surface area contributed by atoms with Gasteiger partial charge in [0.25, 0.3) is 5.91 Å². The van der Waals surface area contributed by atoms with Gasteiger partial charge in [0.2, 0.25) is 0 Å². The summed E-state index contributed by atoms with van der Waals surface area (Å²) in [6.45, 7) is 3.11. The third kappa shape index (κ3) is 4.53. The predicted molar refractivity (Wildman–Crippen MR) is 127 cm³/mol. The molecule has 34 heavy (non-hydrogen) atoms. The molecule has 0 radical (unpaired) electrons. The maximum atomic E-state index is 13.6. The number of carbonyl (C=O) groups excluding carboxylic acids is 1. The van der Waals surface area contributed by atoms with E-state index in [1.54, 1.807) is 19.2 Å². The lowest BCUT2D eigenvalue weighted by Crippen LogP contribution is -2.48. The second-order valence-corrected chi connectivity index (χ2v) is 8.86. The lowest BCUT2D eigenvalue weighted by molar-refractivity contribution is -0.186. The Bertz CT molecular complexity index is 1060. The zero-order valence-electron chi connectivity index (χ0n) is 19.7. The van der Waals surface area contributed by atoms with Gasteiger partial charge in [-0.25, -0.2) is 5.01 Å². The Kier molecular flexibility index (Phi) is 6.54. The van der Waals surface area contributed by atoms with Crippen LogP contribution < -0.4 is 9.47 Å². The van der Waals surface area contributed by atoms with Crippen molar-refractivity contribution in [2.45, 2.75) is 31.1 Å². The second kappa shape index (κ2) is 9.74. The average molecular weight is 466 g/mol. The minimum absolute atomic E-state index is 0.0296. The number of nitrogens with zero attached hydrogens (tertiary/aromatic N) is 3. The van der Waals surface area contributed by atoms with Crippen LogP contribution in [0.3, 0.4) is 0 Å². The van der Waals surface area contributed by atoms with Crippen molar-refractivity contribution >= 4 is 11.6 Å². The zero-order valence-corrected chi connectivity index (χ0v) is 19.7. The fraction of sp³-hybridized carbons (Fsp3) is 0.462. The molecule has 1 atom stereocenters. The summed E-state index contributed by atoms with van der Waals surface area (Å²) in [6, 6.07) is 15.4. The van der Waals surface area contributed by atoms with Crippen molar-refractivity contribution in [2.24, 2.45) is 5.10 Å². The van der Waals surface area contributed by atoms with Crippen molar-refractivity contribution in [3.05, 3.63) is 59.7 Å². The van der Waals surface area contributed by atoms with Crippen molar-refractivity contribution < 1.29 is 23.7 Å². The van der Waals surface area contributed by atoms with Crippen LogP contribution in [-0.2, 0) is 14.3 Å². The molecule has 0 N–H and O–H groups in total. The highest BCUT2D eigenvalue weighted by Gasteiger charge is 2.41. The second-order valence-electron chi connectivity index (χ2n) is 8.86. The van der Waals surface area contributed by atoms with Gasteiger partial charge in [-0.15, -0.1) is 0 Å². The van der Waals surface area contributed by atoms with E-state index in [9.17, 15) is 4.79 Å². The van der Waals surface area contributed by atoms with Gasteiger partial charge < -0.3 is 18.9 Å². The monoisotopic (exact) mass is 465 g/mol. The molecule has 2 aromatic rings. The highest BCUT2D eigenvalue weighted by Crippen LogP contribution is 2.38. The number of likely N-dealkylation sites (tertiary alicyclic amines) is 1. The Morgan fingerprint density at radius 2 is 1.82 bits per heavy atom. The number of benzene rings is 2. The normalized spacial score (nSPS) is 22.1. The van der Waals surface area contributed by atoms with Gasteiger partial charge in [0, 0.05) is 43.5 Å². The topological polar surface area (TPSA) is 72.8 Å². The first kappa shape index (κ1) is 22.8. The molecule has 180 valence electrons. The van der Waals surface area contributed by atoms with Crippen molar-refractivity contribution in [2.75, 3.05) is 47.1 Å². The van der Waals surface area contributed by atoms with Gasteiger partial charge in [-0.05, 0) is 18.2 Å². The number of hydrogen-bond acceptors (Lipinski definition) is 7. The molecule has 0 saturated carbocycles. The third-order valence-electron chi connectivity index (χ3n) is 6.86. The number of hydrogen-bond donors (Lipinski definition) is 0. The lowest BCUT2D eigenvalue weighted by atomic mass is 9.97. The number of piperidine rings is 1. The van der Waals surface area contributed by atoms with Gasteiger partial charge in [0.1, 0.15) is 11.5 Å². The van der Waals surface area contributed by atoms with Crippen LogP contribution in [0.2, 0.25) is 0 Å². The number of ether oxygens (including phenoxy) is 4. The van der Waals surface area contributed by atoms with E-state index in [4.69, 9.17) is 24.0 Å². The minimum atomic E-state index is -0.454. The van der Waals surface area contributed by atoms with E-state index in [1.807, 2.05) is 48.5 Å². The molecule has 1 spiro atoms. The van der Waals surface area contributed by atoms with Gasteiger partial charge in [-0.3, -0.25) is 9.69 Å². The van der Waals surface area contributed by atoms with Crippen molar-refractivity contribution in [3.63, 3.8) is 0 Å². The molecule has 8 heteroatoms. The molecule has 5 rings (SSSR count). The van der Waals surface area contributed by atoms with Crippen LogP contribution in [0.1, 0.15) is 36.4 Å². The number of hydrazone groups is 1. The van der Waals surface area contributed by atoms with Gasteiger partial charge in [-0.2, -0.15) is 5.10 Å². The summed E-state index contributed by atoms with van der Waals surface area (Å²) >= 11 is 0. The van der Waals surface area contributed by atoms with Crippen LogP contribution in [0.4, 0.5) is 0 Å². The summed E-state index contributed by atoms with van der Waals surface area (Å²) in [4.78, 5) is 15.7. The van der Waals surface area contributed by atoms with Gasteiger partial charge in [0.05, 0.1) is 45.7 Å². The van der Waals surface area contributed by atoms with Gasteiger partial charge in [0.15, 0.2) is 5.79 Å². The smallest absolute Gasteiger partial charge is 0.257 e. The summed E-state index contributed by atoms with van der Waals surface area (Å²) in [5.74, 6) is 1.03. The van der Waals surface area contributed by atoms with E-state index in [2.05, 4.69) is 4.90 Å². The van der Waals surface area contributed by atoms with Crippen LogP contribution in [0.5, 0.6) is 11.5 Å². The van der Waals surface area contributed by atoms with Crippen molar-refractivity contribution in [3.8, 4) is 11.5 Å². The fourth-order valence-corrected chi connectivity index (χ4v) is 5.00. The molecular formula is C26H31N3O5. The SMILES string of the molecule is COc1cccc(C2=NN(C(=O)CN3CCC4(CC3)OCCO4)C(c3ccccc3OC)C2)c1. The maximum absolute atomic E-state index is 13.6. The van der Waals surface area contributed by atoms with Crippen LogP contribution in [0.15, 0.2) is 53.6 Å². The van der Waals surface area contributed by atoms with E-state index in [-0.39, 0.29) is 11.9 Å². The molecule has 3 heterocycles. The Morgan fingerprint density at radius 3 is 2.56 bits per heavy atom. The zero-order chi connectivity index (χ0) is 23.5. The minimum Gasteiger partial charge on any atom is -0.497 e. The predicted octanol–water partition coefficient (Wildman–Crippen LogP) is 3.22. The third-order valence-corrected chi connectivity index (χ3v) is 6.86. The Balaban J connectivity index is 1.37. The molecule has 8 nitrogen and oxygen atoms in total. The number of amides is 1. The molecule has 3 aliphatic heterocycles. The quantitative estimate of drug-likeness (QED) is 0.652. The summed E-state index contributed by atoms with van der Waals surface area (Å²) in [5.41, 5.74) is 2.75. The number of carbonyl (C=O) groups is 1. The molecule has 2 saturated heterocycles. The summed E-state index contributed by atoms with van der Waals surface area (Å²) in [5, 5.41) is 6.46. The standard InChI is InChI=1S/C26H31N3O5/c1-31-20-7-5-6-19(16-20)22-17-23(21-8-3-4-9-24(21)32-2)29(27-22)25(30)18-28-12-10-26(11-13-28)33-14-15-34-26/h3-9,16,23H,10-15,17-18H2,1-2H3. The highest BCUT2D eigenvalue weighted by atomic mass is 16.7. The van der Waals surface area contributed by atoms with Crippen LogP contribution in [0.25, 0.3) is 0 Å². The van der Waals surface area contributed by atoms with Crippen LogP contribution >= 0.6 is 0 Å². The van der Waals surface area contributed by atoms with E-state index in [0.717, 1.165) is 54.3 Å². The molecule has 2 aromatic carbocycles. The molecule has 0 bridgehead atoms. The summed E-state index contributed by atoms with van der Waals surface area (Å²) < 4.78 is 22.7. The van der Waals surface area contributed by atoms with Crippen molar-refractivity contribution in [1.82, 2.24) is 9.91 Å². The first-order chi connectivity index (χ1) is 16.6. The van der Waals surface area contributed by atoms with E-state index < -0.39 is 5.79 Å². The summed E-state index contributed by atoms with van der Waals surface area (Å²) in [6.07, 6.45) is 2.15. The van der Waals surface area contributed by atoms with Crippen LogP contribution in [-0.4, -0.2) is 74.4 Å². The van der Waals surface area contributed by atoms with Crippen molar-refractivity contribution in [1.29, 1.82) is 0 Å². The number of rotatable bonds is 6. The highest BCUT2D eigenvalue weighted by molar-refractivity contribution is 6.03. The summed E-state index contributed by atoms with van der Waals surface area (Å²) in [7, 11) is 3.30. The first-order valence-corrected chi connectivity index (χ1v) is 11.8. The Hall–Kier alpha value is -2.94.